The summed E-state index contributed by atoms with van der Waals surface area (Å²) in [6, 6.07) is 21.3. The number of hydrogen-bond donors (Lipinski definition) is 2. The van der Waals surface area contributed by atoms with Crippen molar-refractivity contribution in [3.63, 3.8) is 0 Å². The Morgan fingerprint density at radius 1 is 0.812 bits per heavy atom. The molecular formula is C24H22ClN5O2. The predicted molar refractivity (Wildman–Crippen MR) is 125 cm³/mol. The number of rotatable bonds is 9. The van der Waals surface area contributed by atoms with Gasteiger partial charge in [0.1, 0.15) is 17.3 Å². The second kappa shape index (κ2) is 10.5. The first-order chi connectivity index (χ1) is 15.7. The minimum atomic E-state index is 0.489. The first-order valence-electron chi connectivity index (χ1n) is 10.00. The van der Waals surface area contributed by atoms with E-state index < -0.39 is 0 Å². The average molecular weight is 448 g/mol. The normalized spacial score (nSPS) is 10.4. The highest BCUT2D eigenvalue weighted by Gasteiger charge is 2.07. The molecule has 32 heavy (non-hydrogen) atoms. The summed E-state index contributed by atoms with van der Waals surface area (Å²) >= 11 is 5.86. The largest absolute Gasteiger partial charge is 0.497 e. The quantitative estimate of drug-likeness (QED) is 0.348. The van der Waals surface area contributed by atoms with Crippen molar-refractivity contribution in [2.45, 2.75) is 13.1 Å². The highest BCUT2D eigenvalue weighted by molar-refractivity contribution is 6.30. The number of para-hydroxylation sites is 1. The Labute approximate surface area is 191 Å². The van der Waals surface area contributed by atoms with E-state index in [0.29, 0.717) is 41.5 Å². The molecule has 162 valence electrons. The van der Waals surface area contributed by atoms with Crippen molar-refractivity contribution in [2.75, 3.05) is 17.7 Å². The lowest BCUT2D eigenvalue weighted by Gasteiger charge is -2.12. The van der Waals surface area contributed by atoms with E-state index in [2.05, 4.69) is 25.6 Å². The summed E-state index contributed by atoms with van der Waals surface area (Å²) in [5.74, 6) is 3.22. The second-order valence-corrected chi connectivity index (χ2v) is 7.33. The zero-order valence-electron chi connectivity index (χ0n) is 17.5. The van der Waals surface area contributed by atoms with Crippen LogP contribution in [-0.2, 0) is 13.1 Å². The molecule has 4 aromatic rings. The van der Waals surface area contributed by atoms with Gasteiger partial charge in [0, 0.05) is 19.2 Å². The Morgan fingerprint density at radius 3 is 2.25 bits per heavy atom. The highest BCUT2D eigenvalue weighted by atomic mass is 35.5. The lowest BCUT2D eigenvalue weighted by atomic mass is 10.2. The Kier molecular flexibility index (Phi) is 6.99. The van der Waals surface area contributed by atoms with Crippen LogP contribution in [0.5, 0.6) is 17.4 Å². The van der Waals surface area contributed by atoms with Crippen LogP contribution >= 0.6 is 11.6 Å². The molecule has 0 saturated carbocycles. The van der Waals surface area contributed by atoms with Crippen LogP contribution in [0, 0.1) is 0 Å². The molecule has 0 fully saturated rings. The molecule has 2 aromatic heterocycles. The van der Waals surface area contributed by atoms with Crippen molar-refractivity contribution in [3.05, 3.63) is 95.3 Å². The topological polar surface area (TPSA) is 81.2 Å². The number of nitrogens with one attached hydrogen (secondary N) is 2. The molecule has 0 saturated heterocycles. The molecule has 0 aliphatic rings. The summed E-state index contributed by atoms with van der Waals surface area (Å²) in [6.45, 7) is 1.10. The van der Waals surface area contributed by atoms with Crippen molar-refractivity contribution in [2.24, 2.45) is 0 Å². The zero-order valence-corrected chi connectivity index (χ0v) is 18.2. The van der Waals surface area contributed by atoms with Crippen LogP contribution in [0.4, 0.5) is 11.8 Å². The van der Waals surface area contributed by atoms with Crippen LogP contribution in [0.3, 0.4) is 0 Å². The van der Waals surface area contributed by atoms with Crippen LogP contribution < -0.4 is 20.1 Å². The maximum atomic E-state index is 5.97. The molecule has 0 amide bonds. The molecule has 2 N–H and O–H groups in total. The molecule has 7 nitrogen and oxygen atoms in total. The number of nitrogens with zero attached hydrogens (tertiary/aromatic N) is 3. The zero-order chi connectivity index (χ0) is 22.2. The maximum Gasteiger partial charge on any atom is 0.222 e. The Hall–Kier alpha value is -3.84. The van der Waals surface area contributed by atoms with Gasteiger partial charge in [-0.1, -0.05) is 41.9 Å². The first kappa shape index (κ1) is 21.4. The first-order valence-corrected chi connectivity index (χ1v) is 10.4. The third kappa shape index (κ3) is 6.09. The summed E-state index contributed by atoms with van der Waals surface area (Å²) in [5.41, 5.74) is 2.07. The van der Waals surface area contributed by atoms with E-state index in [4.69, 9.17) is 21.1 Å². The summed E-state index contributed by atoms with van der Waals surface area (Å²) in [7, 11) is 1.65. The van der Waals surface area contributed by atoms with Crippen LogP contribution in [0.25, 0.3) is 0 Å². The lowest BCUT2D eigenvalue weighted by Crippen LogP contribution is -2.06. The summed E-state index contributed by atoms with van der Waals surface area (Å²) in [4.78, 5) is 12.9. The molecule has 2 aromatic carbocycles. The van der Waals surface area contributed by atoms with Gasteiger partial charge >= 0.3 is 0 Å². The number of hydrogen-bond acceptors (Lipinski definition) is 7. The van der Waals surface area contributed by atoms with Crippen LogP contribution in [0.15, 0.2) is 79.1 Å². The van der Waals surface area contributed by atoms with Gasteiger partial charge in [-0.3, -0.25) is 0 Å². The summed E-state index contributed by atoms with van der Waals surface area (Å²) in [6.07, 6.45) is 3.10. The van der Waals surface area contributed by atoms with Gasteiger partial charge in [-0.15, -0.1) is 0 Å². The van der Waals surface area contributed by atoms with E-state index in [-0.39, 0.29) is 0 Å². The van der Waals surface area contributed by atoms with Gasteiger partial charge in [0.25, 0.3) is 0 Å². The Bertz CT molecular complexity index is 1140. The van der Waals surface area contributed by atoms with Crippen molar-refractivity contribution < 1.29 is 9.47 Å². The van der Waals surface area contributed by atoms with Gasteiger partial charge in [0.2, 0.25) is 11.8 Å². The number of pyridine rings is 1. The standard InChI is InChI=1S/C24H22ClN5O2/c1-31-20-9-7-17(8-10-20)13-26-22-11-18(14-27-24-28-15-19(25)16-29-24)12-23(30-22)32-21-5-3-2-4-6-21/h2-12,15-16H,13-14H2,1H3,(H,26,30)(H,27,28,29). The molecule has 0 unspecified atom stereocenters. The monoisotopic (exact) mass is 447 g/mol. The van der Waals surface area contributed by atoms with Crippen LogP contribution in [0.2, 0.25) is 5.02 Å². The molecule has 0 spiro atoms. The summed E-state index contributed by atoms with van der Waals surface area (Å²) < 4.78 is 11.2. The van der Waals surface area contributed by atoms with Crippen molar-refractivity contribution in [1.82, 2.24) is 15.0 Å². The van der Waals surface area contributed by atoms with Gasteiger partial charge in [0.15, 0.2) is 0 Å². The van der Waals surface area contributed by atoms with Gasteiger partial charge < -0.3 is 20.1 Å². The molecule has 0 atom stereocenters. The van der Waals surface area contributed by atoms with Crippen LogP contribution in [0.1, 0.15) is 11.1 Å². The third-order valence-corrected chi connectivity index (χ3v) is 4.73. The van der Waals surface area contributed by atoms with Crippen molar-refractivity contribution in [1.29, 1.82) is 0 Å². The van der Waals surface area contributed by atoms with Crippen molar-refractivity contribution >= 4 is 23.4 Å². The van der Waals surface area contributed by atoms with E-state index in [9.17, 15) is 0 Å². The predicted octanol–water partition coefficient (Wildman–Crippen LogP) is 5.55. The number of anilines is 2. The molecule has 4 rings (SSSR count). The fraction of sp³-hybridized carbons (Fsp3) is 0.125. The van der Waals surface area contributed by atoms with Gasteiger partial charge in [-0.05, 0) is 41.5 Å². The molecule has 0 aliphatic carbocycles. The number of halogens is 1. The average Bonchev–Trinajstić information content (AvgIpc) is 2.83. The van der Waals surface area contributed by atoms with Gasteiger partial charge in [-0.2, -0.15) is 4.98 Å². The van der Waals surface area contributed by atoms with Gasteiger partial charge in [-0.25, -0.2) is 9.97 Å². The number of methoxy groups -OCH3 is 1. The second-order valence-electron chi connectivity index (χ2n) is 6.89. The highest BCUT2D eigenvalue weighted by Crippen LogP contribution is 2.24. The van der Waals surface area contributed by atoms with E-state index in [1.807, 2.05) is 66.7 Å². The van der Waals surface area contributed by atoms with E-state index in [1.54, 1.807) is 19.5 Å². The van der Waals surface area contributed by atoms with Crippen LogP contribution in [-0.4, -0.2) is 22.1 Å². The molecule has 0 bridgehead atoms. The minimum Gasteiger partial charge on any atom is -0.497 e. The third-order valence-electron chi connectivity index (χ3n) is 4.53. The number of ether oxygens (including phenoxy) is 2. The van der Waals surface area contributed by atoms with E-state index in [1.165, 1.54) is 0 Å². The number of benzene rings is 2. The Balaban J connectivity index is 1.50. The Morgan fingerprint density at radius 2 is 1.53 bits per heavy atom. The van der Waals surface area contributed by atoms with E-state index >= 15 is 0 Å². The molecule has 2 heterocycles. The van der Waals surface area contributed by atoms with Crippen molar-refractivity contribution in [3.8, 4) is 17.4 Å². The molecule has 0 radical (unpaired) electrons. The maximum absolute atomic E-state index is 5.97. The SMILES string of the molecule is COc1ccc(CNc2cc(CNc3ncc(Cl)cn3)cc(Oc3ccccc3)n2)cc1. The van der Waals surface area contributed by atoms with Gasteiger partial charge in [0.05, 0.1) is 24.5 Å². The molecule has 8 heteroatoms. The fourth-order valence-corrected chi connectivity index (χ4v) is 3.03. The molecule has 0 aliphatic heterocycles. The van der Waals surface area contributed by atoms with E-state index in [0.717, 1.165) is 16.9 Å². The minimum absolute atomic E-state index is 0.489. The fourth-order valence-electron chi connectivity index (χ4n) is 2.93. The number of aromatic nitrogens is 3. The summed E-state index contributed by atoms with van der Waals surface area (Å²) in [5, 5.41) is 7.04. The molecular weight excluding hydrogens is 426 g/mol. The lowest BCUT2D eigenvalue weighted by molar-refractivity contribution is 0.414. The smallest absolute Gasteiger partial charge is 0.222 e.